The van der Waals surface area contributed by atoms with Crippen LogP contribution in [0.3, 0.4) is 0 Å². The summed E-state index contributed by atoms with van der Waals surface area (Å²) in [6.07, 6.45) is -9.79. The van der Waals surface area contributed by atoms with Crippen LogP contribution in [0.4, 0.5) is 0 Å². The fraction of sp³-hybridized carbons (Fsp3) is 0.333. The minimum absolute atomic E-state index is 0.0235. The normalized spacial score (nSPS) is 25.6. The van der Waals surface area contributed by atoms with Crippen LogP contribution in [-0.4, -0.2) is 84.8 Å². The molecule has 10 atom stereocenters. The summed E-state index contributed by atoms with van der Waals surface area (Å²) >= 11 is 0. The molecule has 2 fully saturated rings. The van der Waals surface area contributed by atoms with Gasteiger partial charge in [0.1, 0.15) is 48.8 Å². The summed E-state index contributed by atoms with van der Waals surface area (Å²) in [5.41, 5.74) is 5.60. The SMILES string of the molecule is OC[C@H]1O[C@@H](O[C@H]2[C@H](OCc3ccccc3)[C@@H](OCc3ccccc3)[C@H](O)O[C@@H]2COCc2ccccc2)[C@H](OCc2ccccc2)[C@@H](OCc2ccccc2)[C@H]1OCc1ccccc1. The number of benzene rings is 6. The van der Waals surface area contributed by atoms with E-state index in [9.17, 15) is 10.2 Å². The van der Waals surface area contributed by atoms with E-state index >= 15 is 0 Å². The third kappa shape index (κ3) is 13.3. The van der Waals surface area contributed by atoms with Gasteiger partial charge in [0, 0.05) is 0 Å². The van der Waals surface area contributed by atoms with Crippen LogP contribution < -0.4 is 0 Å². The molecule has 2 saturated heterocycles. The van der Waals surface area contributed by atoms with Crippen molar-refractivity contribution in [3.63, 3.8) is 0 Å². The van der Waals surface area contributed by atoms with Crippen molar-refractivity contribution in [3.05, 3.63) is 215 Å². The average Bonchev–Trinajstić information content (AvgIpc) is 3.36. The molecule has 2 aliphatic rings. The van der Waals surface area contributed by atoms with Gasteiger partial charge in [0.2, 0.25) is 0 Å². The van der Waals surface area contributed by atoms with Crippen molar-refractivity contribution in [2.24, 2.45) is 0 Å². The lowest BCUT2D eigenvalue weighted by Crippen LogP contribution is -2.66. The Labute approximate surface area is 381 Å². The molecule has 0 amide bonds. The lowest BCUT2D eigenvalue weighted by molar-refractivity contribution is -0.373. The molecule has 0 unspecified atom stereocenters. The van der Waals surface area contributed by atoms with E-state index in [1.165, 1.54) is 0 Å². The van der Waals surface area contributed by atoms with Gasteiger partial charge in [-0.2, -0.15) is 0 Å². The van der Waals surface area contributed by atoms with Gasteiger partial charge < -0.3 is 52.8 Å². The van der Waals surface area contributed by atoms with Crippen LogP contribution in [0.1, 0.15) is 33.4 Å². The highest BCUT2D eigenvalue weighted by Gasteiger charge is 2.54. The summed E-state index contributed by atoms with van der Waals surface area (Å²) in [6.45, 7) is 0.902. The van der Waals surface area contributed by atoms with Crippen molar-refractivity contribution in [2.45, 2.75) is 101 Å². The van der Waals surface area contributed by atoms with Crippen LogP contribution in [0.25, 0.3) is 0 Å². The molecule has 0 spiro atoms. The van der Waals surface area contributed by atoms with Crippen LogP contribution in [0.15, 0.2) is 182 Å². The van der Waals surface area contributed by atoms with Crippen molar-refractivity contribution in [1.29, 1.82) is 0 Å². The molecular weight excluding hydrogens is 825 g/mol. The lowest BCUT2D eigenvalue weighted by Gasteiger charge is -2.49. The van der Waals surface area contributed by atoms with E-state index < -0.39 is 68.0 Å². The molecule has 0 aromatic heterocycles. The predicted molar refractivity (Wildman–Crippen MR) is 243 cm³/mol. The molecular formula is C54H58O11. The second-order valence-corrected chi connectivity index (χ2v) is 16.2. The first-order valence-electron chi connectivity index (χ1n) is 22.3. The van der Waals surface area contributed by atoms with Gasteiger partial charge in [-0.25, -0.2) is 0 Å². The Morgan fingerprint density at radius 2 is 0.692 bits per heavy atom. The molecule has 2 heterocycles. The Kier molecular flexibility index (Phi) is 17.4. The summed E-state index contributed by atoms with van der Waals surface area (Å²) in [5, 5.41) is 22.9. The van der Waals surface area contributed by atoms with E-state index in [4.69, 9.17) is 42.6 Å². The van der Waals surface area contributed by atoms with Crippen molar-refractivity contribution in [3.8, 4) is 0 Å². The standard InChI is InChI=1S/C54H58O11/c55-31-45-47(58-33-40-21-9-2-10-22-40)49(59-34-41-23-11-3-12-24-41)52(62-37-44-29-17-6-18-30-44)54(64-45)65-48-46(38-57-32-39-19-7-1-8-20-39)63-53(56)51(61-36-43-27-15-5-16-28-43)50(48)60-35-42-25-13-4-14-26-42/h1-30,45-56H,31-38H2/t45-,46-,47+,48-,49+,50+,51-,52-,53-,54+/m1/s1. The molecule has 65 heavy (non-hydrogen) atoms. The number of ether oxygens (including phenoxy) is 9. The second-order valence-electron chi connectivity index (χ2n) is 16.2. The fourth-order valence-electron chi connectivity index (χ4n) is 8.12. The Morgan fingerprint density at radius 3 is 1.09 bits per heavy atom. The Balaban J connectivity index is 1.15. The molecule has 11 nitrogen and oxygen atoms in total. The van der Waals surface area contributed by atoms with Crippen LogP contribution in [-0.2, 0) is 82.3 Å². The zero-order valence-corrected chi connectivity index (χ0v) is 36.3. The molecule has 0 radical (unpaired) electrons. The van der Waals surface area contributed by atoms with E-state index in [-0.39, 0.29) is 46.2 Å². The van der Waals surface area contributed by atoms with E-state index in [2.05, 4.69) is 0 Å². The number of aliphatic hydroxyl groups is 2. The van der Waals surface area contributed by atoms with E-state index in [1.807, 2.05) is 182 Å². The first-order chi connectivity index (χ1) is 32.1. The van der Waals surface area contributed by atoms with Gasteiger partial charge in [0.25, 0.3) is 0 Å². The Bertz CT molecular complexity index is 2210. The quantitative estimate of drug-likeness (QED) is 0.0691. The topological polar surface area (TPSA) is 124 Å². The Morgan fingerprint density at radius 1 is 0.354 bits per heavy atom. The predicted octanol–water partition coefficient (Wildman–Crippen LogP) is 7.95. The van der Waals surface area contributed by atoms with Gasteiger partial charge in [0.05, 0.1) is 52.9 Å². The van der Waals surface area contributed by atoms with Gasteiger partial charge in [-0.15, -0.1) is 0 Å². The fourth-order valence-corrected chi connectivity index (χ4v) is 8.12. The second kappa shape index (κ2) is 24.4. The summed E-state index contributed by atoms with van der Waals surface area (Å²) in [5.74, 6) is 0. The average molecular weight is 883 g/mol. The first-order valence-corrected chi connectivity index (χ1v) is 22.3. The van der Waals surface area contributed by atoms with Crippen molar-refractivity contribution < 1.29 is 52.8 Å². The maximum absolute atomic E-state index is 11.8. The van der Waals surface area contributed by atoms with E-state index in [1.54, 1.807) is 0 Å². The summed E-state index contributed by atoms with van der Waals surface area (Å²) in [7, 11) is 0. The lowest BCUT2D eigenvalue weighted by atomic mass is 9.95. The molecule has 6 aromatic carbocycles. The van der Waals surface area contributed by atoms with E-state index in [0.717, 1.165) is 33.4 Å². The highest BCUT2D eigenvalue weighted by molar-refractivity contribution is 5.18. The van der Waals surface area contributed by atoms with E-state index in [0.29, 0.717) is 0 Å². The van der Waals surface area contributed by atoms with Gasteiger partial charge in [-0.1, -0.05) is 182 Å². The Hall–Kier alpha value is -5.12. The van der Waals surface area contributed by atoms with Gasteiger partial charge in [-0.05, 0) is 33.4 Å². The summed E-state index contributed by atoms with van der Waals surface area (Å²) in [4.78, 5) is 0. The zero-order chi connectivity index (χ0) is 44.5. The van der Waals surface area contributed by atoms with Crippen LogP contribution >= 0.6 is 0 Å². The number of rotatable bonds is 22. The summed E-state index contributed by atoms with van der Waals surface area (Å²) in [6, 6.07) is 58.8. The maximum Gasteiger partial charge on any atom is 0.187 e. The molecule has 2 N–H and O–H groups in total. The maximum atomic E-state index is 11.8. The van der Waals surface area contributed by atoms with Gasteiger partial charge >= 0.3 is 0 Å². The molecule has 0 saturated carbocycles. The summed E-state index contributed by atoms with van der Waals surface area (Å²) < 4.78 is 60.4. The van der Waals surface area contributed by atoms with Crippen LogP contribution in [0.2, 0.25) is 0 Å². The molecule has 8 rings (SSSR count). The van der Waals surface area contributed by atoms with Gasteiger partial charge in [-0.3, -0.25) is 0 Å². The minimum Gasteiger partial charge on any atom is -0.394 e. The molecule has 0 aliphatic carbocycles. The smallest absolute Gasteiger partial charge is 0.187 e. The number of hydrogen-bond acceptors (Lipinski definition) is 11. The van der Waals surface area contributed by atoms with Crippen molar-refractivity contribution >= 4 is 0 Å². The highest BCUT2D eigenvalue weighted by Crippen LogP contribution is 2.36. The van der Waals surface area contributed by atoms with Crippen LogP contribution in [0, 0.1) is 0 Å². The molecule has 6 aromatic rings. The highest BCUT2D eigenvalue weighted by atomic mass is 16.7. The minimum atomic E-state index is -1.41. The largest absolute Gasteiger partial charge is 0.394 e. The van der Waals surface area contributed by atoms with Crippen molar-refractivity contribution in [1.82, 2.24) is 0 Å². The molecule has 2 aliphatic heterocycles. The third-order valence-electron chi connectivity index (χ3n) is 11.5. The number of hydrogen-bond donors (Lipinski definition) is 2. The van der Waals surface area contributed by atoms with Crippen LogP contribution in [0.5, 0.6) is 0 Å². The van der Waals surface area contributed by atoms with Crippen molar-refractivity contribution in [2.75, 3.05) is 13.2 Å². The number of aliphatic hydroxyl groups excluding tert-OH is 2. The third-order valence-corrected chi connectivity index (χ3v) is 11.5. The van der Waals surface area contributed by atoms with Gasteiger partial charge in [0.15, 0.2) is 12.6 Å². The monoisotopic (exact) mass is 882 g/mol. The molecule has 0 bridgehead atoms. The zero-order valence-electron chi connectivity index (χ0n) is 36.3. The molecule has 11 heteroatoms. The molecule has 340 valence electrons. The first kappa shape index (κ1) is 46.4.